The zero-order chi connectivity index (χ0) is 12.3. The summed E-state index contributed by atoms with van der Waals surface area (Å²) in [5.74, 6) is -0.598. The van der Waals surface area contributed by atoms with Gasteiger partial charge in [0, 0.05) is 24.3 Å². The largest absolute Gasteiger partial charge is 0.448 e. The summed E-state index contributed by atoms with van der Waals surface area (Å²) in [7, 11) is 0. The van der Waals surface area contributed by atoms with Gasteiger partial charge in [-0.15, -0.1) is 0 Å². The lowest BCUT2D eigenvalue weighted by atomic mass is 9.91. The number of hydrogen-bond acceptors (Lipinski definition) is 0. The van der Waals surface area contributed by atoms with Crippen molar-refractivity contribution < 1.29 is 13.2 Å². The first-order chi connectivity index (χ1) is 8.09. The molecule has 0 spiro atoms. The highest BCUT2D eigenvalue weighted by atomic mass is 19.4. The maximum Gasteiger partial charge on any atom is 0.448 e. The maximum atomic E-state index is 13.1. The molecule has 86 valence electrons. The van der Waals surface area contributed by atoms with Crippen LogP contribution in [0.3, 0.4) is 0 Å². The summed E-state index contributed by atoms with van der Waals surface area (Å²) < 4.78 is 39.2. The summed E-state index contributed by atoms with van der Waals surface area (Å²) in [6.07, 6.45) is -4.36. The molecule has 2 aromatic rings. The fraction of sp³-hybridized carbons (Fsp3) is 0.0714. The first-order valence-electron chi connectivity index (χ1n) is 5.14. The zero-order valence-corrected chi connectivity index (χ0v) is 8.91. The normalized spacial score (nSPS) is 11.2. The molecule has 2 aromatic carbocycles. The predicted octanol–water partition coefficient (Wildman–Crippen LogP) is 4.22. The van der Waals surface area contributed by atoms with E-state index in [0.717, 1.165) is 0 Å². The number of benzene rings is 2. The Morgan fingerprint density at radius 1 is 0.647 bits per heavy atom. The topological polar surface area (TPSA) is 0 Å². The van der Waals surface area contributed by atoms with Crippen molar-refractivity contribution in [2.24, 2.45) is 0 Å². The van der Waals surface area contributed by atoms with Crippen LogP contribution in [0.2, 0.25) is 0 Å². The van der Waals surface area contributed by atoms with Crippen molar-refractivity contribution in [3.8, 4) is 0 Å². The Balaban J connectivity index is 2.48. The fourth-order valence-electron chi connectivity index (χ4n) is 1.70. The lowest BCUT2D eigenvalue weighted by Gasteiger charge is -2.15. The summed E-state index contributed by atoms with van der Waals surface area (Å²) >= 11 is 0. The molecule has 0 amide bonds. The minimum Gasteiger partial charge on any atom is -0.159 e. The predicted molar refractivity (Wildman–Crippen MR) is 60.4 cm³/mol. The zero-order valence-electron chi connectivity index (χ0n) is 8.91. The van der Waals surface area contributed by atoms with Crippen LogP contribution in [0.25, 0.3) is 0 Å². The van der Waals surface area contributed by atoms with Gasteiger partial charge >= 0.3 is 6.18 Å². The maximum absolute atomic E-state index is 13.1. The van der Waals surface area contributed by atoms with Gasteiger partial charge in [0.2, 0.25) is 0 Å². The Labute approximate surface area is 97.7 Å². The molecule has 0 fully saturated rings. The molecule has 0 aliphatic heterocycles. The monoisotopic (exact) mass is 235 g/mol. The van der Waals surface area contributed by atoms with Crippen molar-refractivity contribution in [3.63, 3.8) is 0 Å². The van der Waals surface area contributed by atoms with Gasteiger partial charge in [-0.2, -0.15) is 13.2 Å². The van der Waals surface area contributed by atoms with Gasteiger partial charge in [0.05, 0.1) is 11.1 Å². The summed E-state index contributed by atoms with van der Waals surface area (Å²) in [6.45, 7) is 0. The van der Waals surface area contributed by atoms with E-state index in [1.54, 1.807) is 36.4 Å². The molecule has 0 aliphatic rings. The van der Waals surface area contributed by atoms with Crippen LogP contribution in [0.1, 0.15) is 11.1 Å². The summed E-state index contributed by atoms with van der Waals surface area (Å²) in [6, 6.07) is 15.7. The molecular formula is C14H10F3+. The van der Waals surface area contributed by atoms with Crippen LogP contribution in [0, 0.1) is 5.92 Å². The summed E-state index contributed by atoms with van der Waals surface area (Å²) in [5, 5.41) is 0. The van der Waals surface area contributed by atoms with Crippen LogP contribution in [-0.4, -0.2) is 6.18 Å². The molecule has 0 unspecified atom stereocenters. The Kier molecular flexibility index (Phi) is 3.09. The van der Waals surface area contributed by atoms with Crippen LogP contribution in [0.5, 0.6) is 0 Å². The summed E-state index contributed by atoms with van der Waals surface area (Å²) in [5.41, 5.74) is 0.373. The third kappa shape index (κ3) is 2.61. The molecule has 0 N–H and O–H groups in total. The second-order valence-corrected chi connectivity index (χ2v) is 3.60. The molecule has 0 aliphatic carbocycles. The second-order valence-electron chi connectivity index (χ2n) is 3.60. The molecule has 0 nitrogen and oxygen atoms in total. The molecule has 0 saturated carbocycles. The highest BCUT2D eigenvalue weighted by Crippen LogP contribution is 2.38. The van der Waals surface area contributed by atoms with Gasteiger partial charge in [0.1, 0.15) is 5.92 Å². The molecule has 3 heteroatoms. The first kappa shape index (κ1) is 11.6. The average Bonchev–Trinajstić information content (AvgIpc) is 2.30. The second kappa shape index (κ2) is 4.53. The number of halogens is 3. The quantitative estimate of drug-likeness (QED) is 0.683. The molecule has 0 heterocycles. The van der Waals surface area contributed by atoms with E-state index in [0.29, 0.717) is 0 Å². The number of alkyl halides is 3. The molecular weight excluding hydrogens is 225 g/mol. The molecule has 0 aromatic heterocycles. The Morgan fingerprint density at radius 2 is 1.00 bits per heavy atom. The average molecular weight is 235 g/mol. The van der Waals surface area contributed by atoms with Gasteiger partial charge in [-0.25, -0.2) is 0 Å². The van der Waals surface area contributed by atoms with E-state index in [-0.39, 0.29) is 11.1 Å². The fourth-order valence-corrected chi connectivity index (χ4v) is 1.70. The van der Waals surface area contributed by atoms with E-state index in [1.165, 1.54) is 24.3 Å². The van der Waals surface area contributed by atoms with Crippen LogP contribution >= 0.6 is 0 Å². The Hall–Kier alpha value is -1.90. The minimum absolute atomic E-state index is 0.186. The number of hydrogen-bond donors (Lipinski definition) is 0. The van der Waals surface area contributed by atoms with Gasteiger partial charge < -0.3 is 0 Å². The summed E-state index contributed by atoms with van der Waals surface area (Å²) in [4.78, 5) is 0. The minimum atomic E-state index is -4.36. The van der Waals surface area contributed by atoms with E-state index in [1.807, 2.05) is 0 Å². The van der Waals surface area contributed by atoms with E-state index in [4.69, 9.17) is 0 Å². The van der Waals surface area contributed by atoms with Crippen molar-refractivity contribution >= 4 is 0 Å². The van der Waals surface area contributed by atoms with Gasteiger partial charge in [0.15, 0.2) is 0 Å². The first-order valence-corrected chi connectivity index (χ1v) is 5.14. The highest BCUT2D eigenvalue weighted by Gasteiger charge is 2.46. The SMILES string of the molecule is FC(F)(F)[C+](c1ccccc1)c1ccccc1. The smallest absolute Gasteiger partial charge is 0.159 e. The van der Waals surface area contributed by atoms with Crippen molar-refractivity contribution in [1.82, 2.24) is 0 Å². The highest BCUT2D eigenvalue weighted by molar-refractivity contribution is 5.47. The van der Waals surface area contributed by atoms with Gasteiger partial charge in [-0.05, 0) is 36.4 Å². The van der Waals surface area contributed by atoms with E-state index in [2.05, 4.69) is 0 Å². The van der Waals surface area contributed by atoms with Crippen LogP contribution < -0.4 is 0 Å². The standard InChI is InChI=1S/C14H10F3/c15-14(16,17)13(11-7-3-1-4-8-11)12-9-5-2-6-10-12/h1-10H/q+1. The van der Waals surface area contributed by atoms with E-state index >= 15 is 0 Å². The third-order valence-electron chi connectivity index (χ3n) is 2.41. The Morgan fingerprint density at radius 3 is 1.29 bits per heavy atom. The van der Waals surface area contributed by atoms with E-state index < -0.39 is 12.1 Å². The number of rotatable bonds is 2. The van der Waals surface area contributed by atoms with Crippen LogP contribution in [0.4, 0.5) is 13.2 Å². The lowest BCUT2D eigenvalue weighted by Crippen LogP contribution is -2.22. The van der Waals surface area contributed by atoms with Crippen molar-refractivity contribution in [2.45, 2.75) is 6.18 Å². The molecule has 17 heavy (non-hydrogen) atoms. The molecule has 0 bridgehead atoms. The third-order valence-corrected chi connectivity index (χ3v) is 2.41. The molecule has 0 saturated heterocycles. The van der Waals surface area contributed by atoms with Gasteiger partial charge in [-0.3, -0.25) is 0 Å². The lowest BCUT2D eigenvalue weighted by molar-refractivity contribution is -0.105. The van der Waals surface area contributed by atoms with Crippen LogP contribution in [-0.2, 0) is 0 Å². The van der Waals surface area contributed by atoms with E-state index in [9.17, 15) is 13.2 Å². The van der Waals surface area contributed by atoms with Crippen molar-refractivity contribution in [3.05, 3.63) is 77.7 Å². The molecule has 0 atom stereocenters. The van der Waals surface area contributed by atoms with Gasteiger partial charge in [0.25, 0.3) is 0 Å². The molecule has 0 radical (unpaired) electrons. The Bertz CT molecular complexity index is 420. The van der Waals surface area contributed by atoms with Crippen molar-refractivity contribution in [1.29, 1.82) is 0 Å². The molecule has 2 rings (SSSR count). The van der Waals surface area contributed by atoms with Crippen molar-refractivity contribution in [2.75, 3.05) is 0 Å². The van der Waals surface area contributed by atoms with Crippen LogP contribution in [0.15, 0.2) is 60.7 Å². The van der Waals surface area contributed by atoms with Gasteiger partial charge in [-0.1, -0.05) is 0 Å².